The summed E-state index contributed by atoms with van der Waals surface area (Å²) < 4.78 is 11.4. The number of anilines is 1. The van der Waals surface area contributed by atoms with Crippen LogP contribution >= 0.6 is 0 Å². The van der Waals surface area contributed by atoms with Crippen molar-refractivity contribution in [1.29, 1.82) is 0 Å². The number of aromatic nitrogens is 1. The zero-order valence-electron chi connectivity index (χ0n) is 20.0. The Morgan fingerprint density at radius 2 is 1.71 bits per heavy atom. The molecule has 7 heteroatoms. The number of nitrogens with one attached hydrogen (secondary N) is 2. The summed E-state index contributed by atoms with van der Waals surface area (Å²) in [7, 11) is 0. The molecule has 0 aliphatic heterocycles. The Hall–Kier alpha value is -3.87. The van der Waals surface area contributed by atoms with Crippen LogP contribution in [-0.4, -0.2) is 23.4 Å². The van der Waals surface area contributed by atoms with Gasteiger partial charge in [-0.15, -0.1) is 0 Å². The number of hydrogen-bond donors (Lipinski definition) is 2. The van der Waals surface area contributed by atoms with Gasteiger partial charge in [-0.2, -0.15) is 0 Å². The minimum absolute atomic E-state index is 0.125. The summed E-state index contributed by atoms with van der Waals surface area (Å²) >= 11 is 0. The van der Waals surface area contributed by atoms with E-state index >= 15 is 0 Å². The molecule has 0 saturated heterocycles. The molecule has 0 radical (unpaired) electrons. The molecular formula is C27H31N3O4. The Balaban J connectivity index is 1.72. The minimum atomic E-state index is -0.379. The van der Waals surface area contributed by atoms with Crippen molar-refractivity contribution < 1.29 is 19.1 Å². The predicted molar refractivity (Wildman–Crippen MR) is 132 cm³/mol. The van der Waals surface area contributed by atoms with Gasteiger partial charge in [-0.05, 0) is 43.7 Å². The summed E-state index contributed by atoms with van der Waals surface area (Å²) in [6, 6.07) is 20.0. The SMILES string of the molecule is CCOc1ccc(NC(=O)C(C)C)cc1C(=O)NC(C)c1cccc(OCc2ccccc2)n1. The average molecular weight is 462 g/mol. The fraction of sp³-hybridized carbons (Fsp3) is 0.296. The van der Waals surface area contributed by atoms with Gasteiger partial charge in [0.15, 0.2) is 0 Å². The number of ether oxygens (including phenoxy) is 2. The van der Waals surface area contributed by atoms with E-state index in [4.69, 9.17) is 9.47 Å². The molecule has 0 saturated carbocycles. The lowest BCUT2D eigenvalue weighted by atomic mass is 10.1. The van der Waals surface area contributed by atoms with E-state index in [1.54, 1.807) is 24.3 Å². The first kappa shape index (κ1) is 24.8. The number of amides is 2. The topological polar surface area (TPSA) is 89.5 Å². The summed E-state index contributed by atoms with van der Waals surface area (Å²) in [6.45, 7) is 8.14. The van der Waals surface area contributed by atoms with E-state index in [2.05, 4.69) is 15.6 Å². The molecule has 0 aliphatic carbocycles. The largest absolute Gasteiger partial charge is 0.493 e. The maximum Gasteiger partial charge on any atom is 0.255 e. The molecule has 2 amide bonds. The van der Waals surface area contributed by atoms with Crippen molar-refractivity contribution in [3.63, 3.8) is 0 Å². The van der Waals surface area contributed by atoms with Crippen molar-refractivity contribution in [2.45, 2.75) is 40.3 Å². The Morgan fingerprint density at radius 1 is 0.941 bits per heavy atom. The fourth-order valence-electron chi connectivity index (χ4n) is 3.19. The summed E-state index contributed by atoms with van der Waals surface area (Å²) in [5.41, 5.74) is 2.59. The van der Waals surface area contributed by atoms with Crippen LogP contribution in [0.3, 0.4) is 0 Å². The lowest BCUT2D eigenvalue weighted by Gasteiger charge is -2.17. The number of pyridine rings is 1. The number of rotatable bonds is 10. The number of benzene rings is 2. The maximum absolute atomic E-state index is 13.1. The Kier molecular flexibility index (Phi) is 8.62. The average Bonchev–Trinajstić information content (AvgIpc) is 2.84. The van der Waals surface area contributed by atoms with Gasteiger partial charge in [-0.25, -0.2) is 4.98 Å². The molecule has 0 bridgehead atoms. The van der Waals surface area contributed by atoms with Gasteiger partial charge in [0.05, 0.1) is 23.9 Å². The number of nitrogens with zero attached hydrogens (tertiary/aromatic N) is 1. The van der Waals surface area contributed by atoms with Crippen molar-refractivity contribution in [2.24, 2.45) is 5.92 Å². The number of hydrogen-bond acceptors (Lipinski definition) is 5. The highest BCUT2D eigenvalue weighted by Crippen LogP contribution is 2.25. The number of carbonyl (C=O) groups excluding carboxylic acids is 2. The first-order valence-corrected chi connectivity index (χ1v) is 11.4. The second kappa shape index (κ2) is 11.8. The molecule has 1 heterocycles. The second-order valence-corrected chi connectivity index (χ2v) is 8.16. The minimum Gasteiger partial charge on any atom is -0.493 e. The maximum atomic E-state index is 13.1. The van der Waals surface area contributed by atoms with E-state index in [0.717, 1.165) is 5.56 Å². The van der Waals surface area contributed by atoms with E-state index in [1.165, 1.54) is 0 Å². The third kappa shape index (κ3) is 6.81. The van der Waals surface area contributed by atoms with Gasteiger partial charge in [-0.1, -0.05) is 50.2 Å². The zero-order chi connectivity index (χ0) is 24.5. The van der Waals surface area contributed by atoms with Gasteiger partial charge in [0.2, 0.25) is 11.8 Å². The van der Waals surface area contributed by atoms with Crippen LogP contribution in [0, 0.1) is 5.92 Å². The zero-order valence-corrected chi connectivity index (χ0v) is 20.0. The van der Waals surface area contributed by atoms with Crippen LogP contribution in [0.2, 0.25) is 0 Å². The van der Waals surface area contributed by atoms with Gasteiger partial charge in [-0.3, -0.25) is 9.59 Å². The molecule has 3 rings (SSSR count). The highest BCUT2D eigenvalue weighted by atomic mass is 16.5. The quantitative estimate of drug-likeness (QED) is 0.436. The van der Waals surface area contributed by atoms with Gasteiger partial charge >= 0.3 is 0 Å². The second-order valence-electron chi connectivity index (χ2n) is 8.16. The van der Waals surface area contributed by atoms with Crippen LogP contribution < -0.4 is 20.1 Å². The number of carbonyl (C=O) groups is 2. The van der Waals surface area contributed by atoms with Crippen molar-refractivity contribution in [2.75, 3.05) is 11.9 Å². The van der Waals surface area contributed by atoms with E-state index in [9.17, 15) is 9.59 Å². The summed E-state index contributed by atoms with van der Waals surface area (Å²) in [5, 5.41) is 5.79. The van der Waals surface area contributed by atoms with E-state index in [1.807, 2.05) is 70.2 Å². The lowest BCUT2D eigenvalue weighted by molar-refractivity contribution is -0.118. The molecule has 1 unspecified atom stereocenters. The fourth-order valence-corrected chi connectivity index (χ4v) is 3.19. The van der Waals surface area contributed by atoms with Crippen LogP contribution in [0.25, 0.3) is 0 Å². The Labute approximate surface area is 200 Å². The normalized spacial score (nSPS) is 11.6. The molecule has 2 N–H and O–H groups in total. The van der Waals surface area contributed by atoms with Gasteiger partial charge in [0.25, 0.3) is 5.91 Å². The van der Waals surface area contributed by atoms with Gasteiger partial charge in [0.1, 0.15) is 12.4 Å². The van der Waals surface area contributed by atoms with E-state index in [0.29, 0.717) is 41.8 Å². The molecule has 34 heavy (non-hydrogen) atoms. The first-order chi connectivity index (χ1) is 16.4. The molecule has 0 aliphatic rings. The highest BCUT2D eigenvalue weighted by molar-refractivity contribution is 6.00. The monoisotopic (exact) mass is 461 g/mol. The Morgan fingerprint density at radius 3 is 2.41 bits per heavy atom. The standard InChI is InChI=1S/C27H31N3O4/c1-5-33-24-15-14-21(29-26(31)18(2)3)16-22(24)27(32)28-19(4)23-12-9-13-25(30-23)34-17-20-10-7-6-8-11-20/h6-16,18-19H,5,17H2,1-4H3,(H,28,32)(H,29,31). The van der Waals surface area contributed by atoms with Crippen molar-refractivity contribution >= 4 is 17.5 Å². The third-order valence-corrected chi connectivity index (χ3v) is 5.08. The molecule has 2 aromatic carbocycles. The van der Waals surface area contributed by atoms with Crippen LogP contribution in [0.5, 0.6) is 11.6 Å². The molecule has 0 spiro atoms. The summed E-state index contributed by atoms with van der Waals surface area (Å²) in [5.74, 6) is 0.305. The van der Waals surface area contributed by atoms with E-state index in [-0.39, 0.29) is 23.8 Å². The predicted octanol–water partition coefficient (Wildman–Crippen LogP) is 5.14. The van der Waals surface area contributed by atoms with Crippen LogP contribution in [-0.2, 0) is 11.4 Å². The first-order valence-electron chi connectivity index (χ1n) is 11.4. The molecule has 1 atom stereocenters. The molecule has 1 aromatic heterocycles. The molecular weight excluding hydrogens is 430 g/mol. The van der Waals surface area contributed by atoms with Crippen molar-refractivity contribution in [3.05, 3.63) is 83.6 Å². The van der Waals surface area contributed by atoms with Gasteiger partial charge in [0, 0.05) is 17.7 Å². The van der Waals surface area contributed by atoms with Crippen LogP contribution in [0.1, 0.15) is 55.4 Å². The third-order valence-electron chi connectivity index (χ3n) is 5.08. The molecule has 0 fully saturated rings. The molecule has 178 valence electrons. The lowest BCUT2D eigenvalue weighted by Crippen LogP contribution is -2.28. The molecule has 3 aromatic rings. The van der Waals surface area contributed by atoms with Crippen molar-refractivity contribution in [3.8, 4) is 11.6 Å². The highest BCUT2D eigenvalue weighted by Gasteiger charge is 2.19. The van der Waals surface area contributed by atoms with Crippen LogP contribution in [0.15, 0.2) is 66.7 Å². The summed E-state index contributed by atoms with van der Waals surface area (Å²) in [6.07, 6.45) is 0. The smallest absolute Gasteiger partial charge is 0.255 e. The van der Waals surface area contributed by atoms with Crippen LogP contribution in [0.4, 0.5) is 5.69 Å². The molecule has 7 nitrogen and oxygen atoms in total. The van der Waals surface area contributed by atoms with Crippen molar-refractivity contribution in [1.82, 2.24) is 10.3 Å². The summed E-state index contributed by atoms with van der Waals surface area (Å²) in [4.78, 5) is 29.8. The van der Waals surface area contributed by atoms with E-state index < -0.39 is 0 Å². The van der Waals surface area contributed by atoms with Gasteiger partial charge < -0.3 is 20.1 Å². The Bertz CT molecular complexity index is 1120.